The van der Waals surface area contributed by atoms with Crippen LogP contribution in [-0.4, -0.2) is 20.8 Å². The summed E-state index contributed by atoms with van der Waals surface area (Å²) in [5.74, 6) is 0. The molecular weight excluding hydrogens is 256 g/mol. The zero-order valence-corrected chi connectivity index (χ0v) is 12.1. The fraction of sp³-hybridized carbons (Fsp3) is 0.429. The van der Waals surface area contributed by atoms with Crippen LogP contribution in [0.25, 0.3) is 0 Å². The highest BCUT2D eigenvalue weighted by atomic mass is 32.2. The SMILES string of the molecule is Cc1nn(C)c(Sc2ccccn2)c1CNC1CC1. The fourth-order valence-corrected chi connectivity index (χ4v) is 3.03. The van der Waals surface area contributed by atoms with Crippen LogP contribution in [0.15, 0.2) is 34.4 Å². The van der Waals surface area contributed by atoms with Gasteiger partial charge in [0.05, 0.1) is 5.69 Å². The molecule has 0 radical (unpaired) electrons. The summed E-state index contributed by atoms with van der Waals surface area (Å²) >= 11 is 1.68. The Bertz CT molecular complexity index is 560. The maximum atomic E-state index is 4.53. The molecule has 0 unspecified atom stereocenters. The molecule has 1 aliphatic rings. The van der Waals surface area contributed by atoms with Crippen LogP contribution in [0.3, 0.4) is 0 Å². The lowest BCUT2D eigenvalue weighted by atomic mass is 10.2. The van der Waals surface area contributed by atoms with Crippen molar-refractivity contribution in [2.45, 2.75) is 42.4 Å². The van der Waals surface area contributed by atoms with E-state index in [9.17, 15) is 0 Å². The molecule has 4 nitrogen and oxygen atoms in total. The molecule has 2 aromatic heterocycles. The van der Waals surface area contributed by atoms with Gasteiger partial charge in [-0.15, -0.1) is 0 Å². The molecule has 0 saturated heterocycles. The van der Waals surface area contributed by atoms with Crippen molar-refractivity contribution < 1.29 is 0 Å². The maximum absolute atomic E-state index is 4.53. The van der Waals surface area contributed by atoms with Gasteiger partial charge in [-0.05, 0) is 31.9 Å². The summed E-state index contributed by atoms with van der Waals surface area (Å²) in [5.41, 5.74) is 2.40. The van der Waals surface area contributed by atoms with Crippen molar-refractivity contribution in [3.8, 4) is 0 Å². The molecule has 1 N–H and O–H groups in total. The molecule has 2 aromatic rings. The Hall–Kier alpha value is -1.33. The largest absolute Gasteiger partial charge is 0.310 e. The molecule has 1 fully saturated rings. The minimum Gasteiger partial charge on any atom is -0.310 e. The summed E-state index contributed by atoms with van der Waals surface area (Å²) in [6, 6.07) is 6.70. The molecule has 2 heterocycles. The van der Waals surface area contributed by atoms with E-state index in [-0.39, 0.29) is 0 Å². The second-order valence-electron chi connectivity index (χ2n) is 4.92. The van der Waals surface area contributed by atoms with Crippen molar-refractivity contribution in [2.75, 3.05) is 0 Å². The summed E-state index contributed by atoms with van der Waals surface area (Å²) < 4.78 is 1.96. The Morgan fingerprint density at radius 2 is 2.26 bits per heavy atom. The second-order valence-corrected chi connectivity index (χ2v) is 5.93. The third-order valence-corrected chi connectivity index (χ3v) is 4.43. The maximum Gasteiger partial charge on any atom is 0.105 e. The molecule has 1 saturated carbocycles. The molecule has 0 aromatic carbocycles. The van der Waals surface area contributed by atoms with E-state index in [1.54, 1.807) is 11.8 Å². The van der Waals surface area contributed by atoms with Gasteiger partial charge in [0.1, 0.15) is 10.1 Å². The first-order valence-electron chi connectivity index (χ1n) is 6.59. The van der Waals surface area contributed by atoms with Gasteiger partial charge in [-0.1, -0.05) is 17.8 Å². The van der Waals surface area contributed by atoms with Crippen LogP contribution in [0.1, 0.15) is 24.1 Å². The average molecular weight is 274 g/mol. The molecule has 5 heteroatoms. The Kier molecular flexibility index (Phi) is 3.57. The molecule has 1 aliphatic carbocycles. The molecular formula is C14H18N4S. The molecule has 19 heavy (non-hydrogen) atoms. The molecule has 0 aliphatic heterocycles. The lowest BCUT2D eigenvalue weighted by Gasteiger charge is -2.06. The van der Waals surface area contributed by atoms with Gasteiger partial charge < -0.3 is 5.32 Å². The highest BCUT2D eigenvalue weighted by molar-refractivity contribution is 7.99. The quantitative estimate of drug-likeness (QED) is 0.910. The Morgan fingerprint density at radius 3 is 2.95 bits per heavy atom. The third-order valence-electron chi connectivity index (χ3n) is 3.27. The summed E-state index contributed by atoms with van der Waals surface area (Å²) in [4.78, 5) is 4.37. The van der Waals surface area contributed by atoms with E-state index < -0.39 is 0 Å². The number of aromatic nitrogens is 3. The predicted octanol–water partition coefficient (Wildman–Crippen LogP) is 2.53. The number of aryl methyl sites for hydroxylation is 2. The van der Waals surface area contributed by atoms with Gasteiger partial charge in [-0.2, -0.15) is 5.10 Å². The molecule has 0 spiro atoms. The van der Waals surface area contributed by atoms with E-state index in [0.717, 1.165) is 17.3 Å². The normalized spacial score (nSPS) is 14.8. The van der Waals surface area contributed by atoms with Crippen LogP contribution < -0.4 is 5.32 Å². The van der Waals surface area contributed by atoms with Crippen LogP contribution >= 0.6 is 11.8 Å². The first kappa shape index (κ1) is 12.7. The van der Waals surface area contributed by atoms with Crippen LogP contribution in [-0.2, 0) is 13.6 Å². The van der Waals surface area contributed by atoms with Gasteiger partial charge in [0.25, 0.3) is 0 Å². The molecule has 0 atom stereocenters. The number of hydrogen-bond acceptors (Lipinski definition) is 4. The van der Waals surface area contributed by atoms with Crippen LogP contribution in [0.4, 0.5) is 0 Å². The van der Waals surface area contributed by atoms with E-state index in [0.29, 0.717) is 6.04 Å². The van der Waals surface area contributed by atoms with Gasteiger partial charge in [0, 0.05) is 31.4 Å². The minimum atomic E-state index is 0.715. The number of rotatable bonds is 5. The zero-order chi connectivity index (χ0) is 13.2. The standard InChI is InChI=1S/C14H18N4S/c1-10-12(9-16-11-6-7-11)14(18(2)17-10)19-13-5-3-4-8-15-13/h3-5,8,11,16H,6-7,9H2,1-2H3. The van der Waals surface area contributed by atoms with Crippen molar-refractivity contribution in [1.29, 1.82) is 0 Å². The number of pyridine rings is 1. The topological polar surface area (TPSA) is 42.7 Å². The van der Waals surface area contributed by atoms with E-state index >= 15 is 0 Å². The van der Waals surface area contributed by atoms with Crippen molar-refractivity contribution in [2.24, 2.45) is 7.05 Å². The van der Waals surface area contributed by atoms with Crippen molar-refractivity contribution in [1.82, 2.24) is 20.1 Å². The van der Waals surface area contributed by atoms with Gasteiger partial charge in [-0.25, -0.2) is 4.98 Å². The first-order chi connectivity index (χ1) is 9.24. The van der Waals surface area contributed by atoms with Gasteiger partial charge in [0.2, 0.25) is 0 Å². The average Bonchev–Trinajstić information content (AvgIpc) is 3.18. The van der Waals surface area contributed by atoms with Crippen LogP contribution in [0.2, 0.25) is 0 Å². The lowest BCUT2D eigenvalue weighted by molar-refractivity contribution is 0.658. The Morgan fingerprint density at radius 1 is 1.42 bits per heavy atom. The van der Waals surface area contributed by atoms with E-state index in [2.05, 4.69) is 22.3 Å². The third kappa shape index (κ3) is 2.98. The zero-order valence-electron chi connectivity index (χ0n) is 11.3. The van der Waals surface area contributed by atoms with Gasteiger partial charge >= 0.3 is 0 Å². The number of hydrogen-bond donors (Lipinski definition) is 1. The van der Waals surface area contributed by atoms with Crippen molar-refractivity contribution in [3.05, 3.63) is 35.7 Å². The Balaban J connectivity index is 1.82. The van der Waals surface area contributed by atoms with Gasteiger partial charge in [-0.3, -0.25) is 4.68 Å². The lowest BCUT2D eigenvalue weighted by Crippen LogP contribution is -2.16. The monoisotopic (exact) mass is 274 g/mol. The fourth-order valence-electron chi connectivity index (χ4n) is 2.05. The summed E-state index contributed by atoms with van der Waals surface area (Å²) in [5, 5.41) is 10.3. The van der Waals surface area contributed by atoms with E-state index in [4.69, 9.17) is 0 Å². The smallest absolute Gasteiger partial charge is 0.105 e. The number of nitrogens with zero attached hydrogens (tertiary/aromatic N) is 3. The minimum absolute atomic E-state index is 0.715. The van der Waals surface area contributed by atoms with E-state index in [1.807, 2.05) is 36.1 Å². The predicted molar refractivity (Wildman–Crippen MR) is 76.2 cm³/mol. The number of nitrogens with one attached hydrogen (secondary N) is 1. The first-order valence-corrected chi connectivity index (χ1v) is 7.40. The van der Waals surface area contributed by atoms with Crippen LogP contribution in [0.5, 0.6) is 0 Å². The Labute approximate surface area is 117 Å². The molecule has 100 valence electrons. The second kappa shape index (κ2) is 5.35. The van der Waals surface area contributed by atoms with Crippen molar-refractivity contribution >= 4 is 11.8 Å². The highest BCUT2D eigenvalue weighted by Gasteiger charge is 2.22. The highest BCUT2D eigenvalue weighted by Crippen LogP contribution is 2.31. The van der Waals surface area contributed by atoms with Crippen molar-refractivity contribution in [3.63, 3.8) is 0 Å². The molecule has 3 rings (SSSR count). The summed E-state index contributed by atoms with van der Waals surface area (Å²) in [6.45, 7) is 2.98. The molecule has 0 amide bonds. The summed E-state index contributed by atoms with van der Waals surface area (Å²) in [7, 11) is 2.00. The van der Waals surface area contributed by atoms with Gasteiger partial charge in [0.15, 0.2) is 0 Å². The van der Waals surface area contributed by atoms with Crippen LogP contribution in [0, 0.1) is 6.92 Å². The summed E-state index contributed by atoms with van der Waals surface area (Å²) in [6.07, 6.45) is 4.44. The molecule has 0 bridgehead atoms. The van der Waals surface area contributed by atoms with E-state index in [1.165, 1.54) is 23.4 Å².